The third-order valence-corrected chi connectivity index (χ3v) is 1.92. The van der Waals surface area contributed by atoms with Crippen LogP contribution >= 0.6 is 0 Å². The first-order chi connectivity index (χ1) is 7.39. The average Bonchev–Trinajstić information content (AvgIpc) is 2.15. The Bertz CT molecular complexity index is 435. The Kier molecular flexibility index (Phi) is 3.57. The van der Waals surface area contributed by atoms with Crippen molar-refractivity contribution in [3.05, 3.63) is 29.8 Å². The van der Waals surface area contributed by atoms with E-state index in [1.165, 1.54) is 6.92 Å². The van der Waals surface area contributed by atoms with Crippen molar-refractivity contribution in [2.75, 3.05) is 5.73 Å². The lowest BCUT2D eigenvalue weighted by Gasteiger charge is -2.18. The molecule has 0 spiro atoms. The van der Waals surface area contributed by atoms with Gasteiger partial charge in [-0.1, -0.05) is 11.8 Å². The lowest BCUT2D eigenvalue weighted by atomic mass is 10.1. The molecule has 1 amide bonds. The van der Waals surface area contributed by atoms with Crippen molar-refractivity contribution in [2.24, 2.45) is 0 Å². The maximum Gasteiger partial charge on any atom is 0.218 e. The molecule has 0 aliphatic heterocycles. The number of rotatable bonds is 1. The van der Waals surface area contributed by atoms with Crippen LogP contribution in [0.15, 0.2) is 24.3 Å². The second-order valence-electron chi connectivity index (χ2n) is 4.18. The minimum atomic E-state index is -0.521. The fourth-order valence-electron chi connectivity index (χ4n) is 1.27. The number of nitrogens with two attached hydrogens (primary N) is 1. The standard InChI is InChI=1S/C13H16N2O/c1-10(16)15-13(2,3)9-8-11-4-6-12(14)7-5-11/h4-7H,14H2,1-3H3,(H,15,16). The summed E-state index contributed by atoms with van der Waals surface area (Å²) in [6.45, 7) is 5.20. The molecule has 1 aromatic rings. The molecule has 0 fully saturated rings. The summed E-state index contributed by atoms with van der Waals surface area (Å²) < 4.78 is 0. The van der Waals surface area contributed by atoms with Crippen molar-refractivity contribution in [1.82, 2.24) is 5.32 Å². The quantitative estimate of drug-likeness (QED) is 0.552. The van der Waals surface area contributed by atoms with Crippen LogP contribution in [0.5, 0.6) is 0 Å². The van der Waals surface area contributed by atoms with E-state index in [4.69, 9.17) is 5.73 Å². The Balaban J connectivity index is 2.80. The first-order valence-corrected chi connectivity index (χ1v) is 5.06. The molecule has 0 saturated carbocycles. The fraction of sp³-hybridized carbons (Fsp3) is 0.308. The number of amides is 1. The van der Waals surface area contributed by atoms with Gasteiger partial charge in [-0.25, -0.2) is 0 Å². The smallest absolute Gasteiger partial charge is 0.218 e. The molecular weight excluding hydrogens is 200 g/mol. The normalized spacial score (nSPS) is 10.2. The number of nitrogens with one attached hydrogen (secondary N) is 1. The van der Waals surface area contributed by atoms with Crippen LogP contribution in [0, 0.1) is 11.8 Å². The summed E-state index contributed by atoms with van der Waals surface area (Å²) in [5, 5.41) is 2.76. The summed E-state index contributed by atoms with van der Waals surface area (Å²) in [7, 11) is 0. The number of anilines is 1. The van der Waals surface area contributed by atoms with Crippen LogP contribution in [0.25, 0.3) is 0 Å². The maximum atomic E-state index is 10.9. The van der Waals surface area contributed by atoms with E-state index in [0.29, 0.717) is 5.69 Å². The molecule has 0 saturated heterocycles. The summed E-state index contributed by atoms with van der Waals surface area (Å²) in [5.74, 6) is 5.91. The third kappa shape index (κ3) is 4.05. The predicted octanol–water partition coefficient (Wildman–Crippen LogP) is 1.54. The largest absolute Gasteiger partial charge is 0.399 e. The van der Waals surface area contributed by atoms with Gasteiger partial charge in [-0.05, 0) is 38.1 Å². The Morgan fingerprint density at radius 3 is 2.38 bits per heavy atom. The topological polar surface area (TPSA) is 55.1 Å². The van der Waals surface area contributed by atoms with E-state index in [1.807, 2.05) is 26.0 Å². The number of carbonyl (C=O) groups is 1. The molecule has 84 valence electrons. The van der Waals surface area contributed by atoms with Crippen LogP contribution in [0.4, 0.5) is 5.69 Å². The second kappa shape index (κ2) is 4.71. The average molecular weight is 216 g/mol. The van der Waals surface area contributed by atoms with Crippen molar-refractivity contribution < 1.29 is 4.79 Å². The molecule has 3 N–H and O–H groups in total. The highest BCUT2D eigenvalue weighted by Crippen LogP contribution is 2.05. The van der Waals surface area contributed by atoms with Gasteiger partial charge in [-0.3, -0.25) is 4.79 Å². The van der Waals surface area contributed by atoms with Gasteiger partial charge in [0.2, 0.25) is 5.91 Å². The first kappa shape index (κ1) is 12.1. The van der Waals surface area contributed by atoms with Gasteiger partial charge < -0.3 is 11.1 Å². The molecule has 0 heterocycles. The van der Waals surface area contributed by atoms with Gasteiger partial charge in [0.15, 0.2) is 0 Å². The molecule has 3 heteroatoms. The lowest BCUT2D eigenvalue weighted by molar-refractivity contribution is -0.119. The van der Waals surface area contributed by atoms with Gasteiger partial charge >= 0.3 is 0 Å². The molecular formula is C13H16N2O. The zero-order chi connectivity index (χ0) is 12.2. The minimum absolute atomic E-state index is 0.0865. The second-order valence-corrected chi connectivity index (χ2v) is 4.18. The SMILES string of the molecule is CC(=O)NC(C)(C)C#Cc1ccc(N)cc1. The van der Waals surface area contributed by atoms with E-state index in [-0.39, 0.29) is 5.91 Å². The van der Waals surface area contributed by atoms with Gasteiger partial charge in [0.25, 0.3) is 0 Å². The van der Waals surface area contributed by atoms with E-state index < -0.39 is 5.54 Å². The first-order valence-electron chi connectivity index (χ1n) is 5.06. The van der Waals surface area contributed by atoms with Gasteiger partial charge in [0.05, 0.1) is 5.54 Å². The predicted molar refractivity (Wildman–Crippen MR) is 65.6 cm³/mol. The monoisotopic (exact) mass is 216 g/mol. The zero-order valence-electron chi connectivity index (χ0n) is 9.79. The third-order valence-electron chi connectivity index (χ3n) is 1.92. The molecule has 0 aliphatic rings. The van der Waals surface area contributed by atoms with E-state index in [2.05, 4.69) is 17.2 Å². The highest BCUT2D eigenvalue weighted by atomic mass is 16.1. The van der Waals surface area contributed by atoms with Crippen LogP contribution in [0.3, 0.4) is 0 Å². The maximum absolute atomic E-state index is 10.9. The van der Waals surface area contributed by atoms with Crippen LogP contribution in [0.1, 0.15) is 26.3 Å². The van der Waals surface area contributed by atoms with Crippen molar-refractivity contribution >= 4 is 11.6 Å². The van der Waals surface area contributed by atoms with E-state index in [9.17, 15) is 4.79 Å². The molecule has 0 radical (unpaired) electrons. The number of benzene rings is 1. The number of carbonyl (C=O) groups excluding carboxylic acids is 1. The zero-order valence-corrected chi connectivity index (χ0v) is 9.79. The minimum Gasteiger partial charge on any atom is -0.399 e. The molecule has 16 heavy (non-hydrogen) atoms. The van der Waals surface area contributed by atoms with Gasteiger partial charge in [0.1, 0.15) is 0 Å². The summed E-state index contributed by atoms with van der Waals surface area (Å²) in [5.41, 5.74) is 6.65. The van der Waals surface area contributed by atoms with Crippen LogP contribution in [-0.4, -0.2) is 11.4 Å². The molecule has 0 bridgehead atoms. The molecule has 0 unspecified atom stereocenters. The molecule has 1 aromatic carbocycles. The summed E-state index contributed by atoms with van der Waals surface area (Å²) in [6, 6.07) is 7.31. The Morgan fingerprint density at radius 2 is 1.88 bits per heavy atom. The van der Waals surface area contributed by atoms with Crippen molar-refractivity contribution in [3.8, 4) is 11.8 Å². The molecule has 3 nitrogen and oxygen atoms in total. The van der Waals surface area contributed by atoms with E-state index >= 15 is 0 Å². The van der Waals surface area contributed by atoms with Crippen LogP contribution in [-0.2, 0) is 4.79 Å². The summed E-state index contributed by atoms with van der Waals surface area (Å²) >= 11 is 0. The number of hydrogen-bond acceptors (Lipinski definition) is 2. The van der Waals surface area contributed by atoms with Crippen molar-refractivity contribution in [2.45, 2.75) is 26.3 Å². The Labute approximate surface area is 96.0 Å². The highest BCUT2D eigenvalue weighted by Gasteiger charge is 2.14. The van der Waals surface area contributed by atoms with Crippen LogP contribution < -0.4 is 11.1 Å². The van der Waals surface area contributed by atoms with E-state index in [0.717, 1.165) is 5.56 Å². The van der Waals surface area contributed by atoms with Crippen LogP contribution in [0.2, 0.25) is 0 Å². The van der Waals surface area contributed by atoms with E-state index in [1.54, 1.807) is 12.1 Å². The molecule has 0 aromatic heterocycles. The molecule has 0 atom stereocenters. The van der Waals surface area contributed by atoms with Gasteiger partial charge in [0, 0.05) is 18.2 Å². The van der Waals surface area contributed by atoms with Crippen molar-refractivity contribution in [1.29, 1.82) is 0 Å². The molecule has 0 aliphatic carbocycles. The Hall–Kier alpha value is -1.95. The van der Waals surface area contributed by atoms with Crippen molar-refractivity contribution in [3.63, 3.8) is 0 Å². The van der Waals surface area contributed by atoms with Gasteiger partial charge in [-0.15, -0.1) is 0 Å². The highest BCUT2D eigenvalue weighted by molar-refractivity contribution is 5.74. The van der Waals surface area contributed by atoms with Gasteiger partial charge in [-0.2, -0.15) is 0 Å². The fourth-order valence-corrected chi connectivity index (χ4v) is 1.27. The Morgan fingerprint density at radius 1 is 1.31 bits per heavy atom. The lowest BCUT2D eigenvalue weighted by Crippen LogP contribution is -2.40. The number of hydrogen-bond donors (Lipinski definition) is 2. The summed E-state index contributed by atoms with van der Waals surface area (Å²) in [6.07, 6.45) is 0. The summed E-state index contributed by atoms with van der Waals surface area (Å²) in [4.78, 5) is 10.9. The molecule has 1 rings (SSSR count). The number of nitrogen functional groups attached to an aromatic ring is 1.